The SMILES string of the molecule is Cc1ccccc1-c1ccccc1C(=O)N(C)Cc1cccc(O)c1. The molecule has 0 aromatic heterocycles. The molecule has 1 N–H and O–H groups in total. The zero-order valence-electron chi connectivity index (χ0n) is 14.4. The van der Waals surface area contributed by atoms with Crippen LogP contribution in [0.15, 0.2) is 72.8 Å². The molecule has 1 amide bonds. The fourth-order valence-corrected chi connectivity index (χ4v) is 2.99. The molecule has 0 spiro atoms. The van der Waals surface area contributed by atoms with E-state index in [9.17, 15) is 9.90 Å². The quantitative estimate of drug-likeness (QED) is 0.756. The Labute approximate surface area is 148 Å². The fraction of sp³-hybridized carbons (Fsp3) is 0.136. The van der Waals surface area contributed by atoms with E-state index in [4.69, 9.17) is 0 Å². The molecule has 0 aliphatic rings. The number of rotatable bonds is 4. The molecule has 3 nitrogen and oxygen atoms in total. The minimum Gasteiger partial charge on any atom is -0.508 e. The number of aryl methyl sites for hydroxylation is 1. The number of phenolic OH excluding ortho intramolecular Hbond substituents is 1. The smallest absolute Gasteiger partial charge is 0.254 e. The second-order valence-electron chi connectivity index (χ2n) is 6.19. The summed E-state index contributed by atoms with van der Waals surface area (Å²) in [6, 6.07) is 22.7. The summed E-state index contributed by atoms with van der Waals surface area (Å²) in [5, 5.41) is 9.60. The molecule has 126 valence electrons. The van der Waals surface area contributed by atoms with Crippen LogP contribution >= 0.6 is 0 Å². The van der Waals surface area contributed by atoms with Gasteiger partial charge in [-0.15, -0.1) is 0 Å². The van der Waals surface area contributed by atoms with Crippen LogP contribution in [0.1, 0.15) is 21.5 Å². The van der Waals surface area contributed by atoms with Crippen LogP contribution < -0.4 is 0 Å². The molecule has 3 aromatic carbocycles. The monoisotopic (exact) mass is 331 g/mol. The van der Waals surface area contributed by atoms with E-state index in [0.29, 0.717) is 12.1 Å². The minimum atomic E-state index is -0.0396. The third-order valence-electron chi connectivity index (χ3n) is 4.27. The van der Waals surface area contributed by atoms with E-state index in [1.54, 1.807) is 30.1 Å². The van der Waals surface area contributed by atoms with Gasteiger partial charge < -0.3 is 10.0 Å². The summed E-state index contributed by atoms with van der Waals surface area (Å²) in [6.45, 7) is 2.49. The van der Waals surface area contributed by atoms with Crippen molar-refractivity contribution in [3.63, 3.8) is 0 Å². The van der Waals surface area contributed by atoms with Gasteiger partial charge in [-0.25, -0.2) is 0 Å². The van der Waals surface area contributed by atoms with Crippen LogP contribution in [0.4, 0.5) is 0 Å². The summed E-state index contributed by atoms with van der Waals surface area (Å²) in [7, 11) is 1.78. The van der Waals surface area contributed by atoms with Crippen LogP contribution in [0.25, 0.3) is 11.1 Å². The van der Waals surface area contributed by atoms with Crippen molar-refractivity contribution in [2.45, 2.75) is 13.5 Å². The van der Waals surface area contributed by atoms with E-state index < -0.39 is 0 Å². The van der Waals surface area contributed by atoms with Gasteiger partial charge in [-0.1, -0.05) is 54.6 Å². The summed E-state index contributed by atoms with van der Waals surface area (Å²) < 4.78 is 0. The summed E-state index contributed by atoms with van der Waals surface area (Å²) in [5.41, 5.74) is 4.72. The van der Waals surface area contributed by atoms with Crippen LogP contribution in [-0.2, 0) is 6.54 Å². The Balaban J connectivity index is 1.91. The van der Waals surface area contributed by atoms with Gasteiger partial charge in [-0.2, -0.15) is 0 Å². The number of aromatic hydroxyl groups is 1. The molecule has 0 heterocycles. The molecule has 0 bridgehead atoms. The Hall–Kier alpha value is -3.07. The van der Waals surface area contributed by atoms with Gasteiger partial charge in [-0.3, -0.25) is 4.79 Å². The number of nitrogens with zero attached hydrogens (tertiary/aromatic N) is 1. The lowest BCUT2D eigenvalue weighted by Crippen LogP contribution is -2.26. The van der Waals surface area contributed by atoms with Crippen molar-refractivity contribution in [2.24, 2.45) is 0 Å². The van der Waals surface area contributed by atoms with E-state index in [1.807, 2.05) is 61.5 Å². The molecule has 25 heavy (non-hydrogen) atoms. The molecule has 0 aliphatic heterocycles. The standard InChI is InChI=1S/C22H21NO2/c1-16-8-3-4-11-19(16)20-12-5-6-13-21(20)22(25)23(2)15-17-9-7-10-18(24)14-17/h3-14,24H,15H2,1-2H3. The Bertz CT molecular complexity index is 902. The molecule has 0 aliphatic carbocycles. The predicted molar refractivity (Wildman–Crippen MR) is 101 cm³/mol. The highest BCUT2D eigenvalue weighted by molar-refractivity contribution is 6.01. The van der Waals surface area contributed by atoms with E-state index in [2.05, 4.69) is 0 Å². The van der Waals surface area contributed by atoms with Gasteiger partial charge in [0.15, 0.2) is 0 Å². The van der Waals surface area contributed by atoms with Crippen molar-refractivity contribution < 1.29 is 9.90 Å². The van der Waals surface area contributed by atoms with Crippen molar-refractivity contribution in [1.29, 1.82) is 0 Å². The van der Waals surface area contributed by atoms with Gasteiger partial charge in [0.1, 0.15) is 5.75 Å². The molecular weight excluding hydrogens is 310 g/mol. The molecule has 3 heteroatoms. The third-order valence-corrected chi connectivity index (χ3v) is 4.27. The number of amides is 1. The third kappa shape index (κ3) is 3.72. The second kappa shape index (κ2) is 7.22. The maximum Gasteiger partial charge on any atom is 0.254 e. The lowest BCUT2D eigenvalue weighted by molar-refractivity contribution is 0.0785. The number of phenols is 1. The minimum absolute atomic E-state index is 0.0396. The largest absolute Gasteiger partial charge is 0.508 e. The first-order valence-electron chi connectivity index (χ1n) is 8.24. The second-order valence-corrected chi connectivity index (χ2v) is 6.19. The van der Waals surface area contributed by atoms with Crippen LogP contribution in [0, 0.1) is 6.92 Å². The Morgan fingerprint density at radius 3 is 2.32 bits per heavy atom. The normalized spacial score (nSPS) is 10.5. The number of benzene rings is 3. The highest BCUT2D eigenvalue weighted by atomic mass is 16.3. The number of hydrogen-bond donors (Lipinski definition) is 1. The molecule has 0 fully saturated rings. The first kappa shape index (κ1) is 16.8. The number of carbonyl (C=O) groups excluding carboxylic acids is 1. The van der Waals surface area contributed by atoms with Crippen molar-refractivity contribution in [2.75, 3.05) is 7.05 Å². The molecule has 0 saturated carbocycles. The van der Waals surface area contributed by atoms with Gasteiger partial charge in [0.25, 0.3) is 5.91 Å². The Morgan fingerprint density at radius 2 is 1.60 bits per heavy atom. The van der Waals surface area contributed by atoms with Crippen molar-refractivity contribution >= 4 is 5.91 Å². The van der Waals surface area contributed by atoms with Gasteiger partial charge in [0.05, 0.1) is 0 Å². The summed E-state index contributed by atoms with van der Waals surface area (Å²) >= 11 is 0. The highest BCUT2D eigenvalue weighted by Gasteiger charge is 2.17. The van der Waals surface area contributed by atoms with Crippen LogP contribution in [-0.4, -0.2) is 23.0 Å². The van der Waals surface area contributed by atoms with Crippen molar-refractivity contribution in [1.82, 2.24) is 4.90 Å². The van der Waals surface area contributed by atoms with Crippen LogP contribution in [0.2, 0.25) is 0 Å². The van der Waals surface area contributed by atoms with Crippen molar-refractivity contribution in [3.8, 4) is 16.9 Å². The zero-order chi connectivity index (χ0) is 17.8. The van der Waals surface area contributed by atoms with Gasteiger partial charge in [0, 0.05) is 19.2 Å². The average molecular weight is 331 g/mol. The average Bonchev–Trinajstić information content (AvgIpc) is 2.61. The van der Waals surface area contributed by atoms with E-state index in [-0.39, 0.29) is 11.7 Å². The number of hydrogen-bond acceptors (Lipinski definition) is 2. The van der Waals surface area contributed by atoms with Crippen molar-refractivity contribution in [3.05, 3.63) is 89.5 Å². The van der Waals surface area contributed by atoms with Gasteiger partial charge >= 0.3 is 0 Å². The summed E-state index contributed by atoms with van der Waals surface area (Å²) in [4.78, 5) is 14.7. The molecule has 0 unspecified atom stereocenters. The van der Waals surface area contributed by atoms with E-state index in [0.717, 1.165) is 22.3 Å². The molecule has 0 radical (unpaired) electrons. The van der Waals surface area contributed by atoms with E-state index in [1.165, 1.54) is 0 Å². The molecule has 3 aromatic rings. The Morgan fingerprint density at radius 1 is 0.920 bits per heavy atom. The lowest BCUT2D eigenvalue weighted by Gasteiger charge is -2.20. The maximum absolute atomic E-state index is 13.0. The number of carbonyl (C=O) groups is 1. The molecule has 0 atom stereocenters. The molecular formula is C22H21NO2. The molecule has 0 saturated heterocycles. The maximum atomic E-state index is 13.0. The zero-order valence-corrected chi connectivity index (χ0v) is 14.4. The Kier molecular flexibility index (Phi) is 4.85. The predicted octanol–water partition coefficient (Wildman–Crippen LogP) is 4.64. The van der Waals surface area contributed by atoms with Crippen LogP contribution in [0.3, 0.4) is 0 Å². The highest BCUT2D eigenvalue weighted by Crippen LogP contribution is 2.27. The van der Waals surface area contributed by atoms with Gasteiger partial charge in [0.2, 0.25) is 0 Å². The summed E-state index contributed by atoms with van der Waals surface area (Å²) in [5.74, 6) is 0.167. The topological polar surface area (TPSA) is 40.5 Å². The van der Waals surface area contributed by atoms with Gasteiger partial charge in [-0.05, 0) is 47.4 Å². The first-order chi connectivity index (χ1) is 12.1. The fourth-order valence-electron chi connectivity index (χ4n) is 2.99. The summed E-state index contributed by atoms with van der Waals surface area (Å²) in [6.07, 6.45) is 0. The first-order valence-corrected chi connectivity index (χ1v) is 8.24. The van der Waals surface area contributed by atoms with E-state index >= 15 is 0 Å². The lowest BCUT2D eigenvalue weighted by atomic mass is 9.95. The van der Waals surface area contributed by atoms with Crippen LogP contribution in [0.5, 0.6) is 5.75 Å². The molecule has 3 rings (SSSR count).